The van der Waals surface area contributed by atoms with Gasteiger partial charge in [-0.2, -0.15) is 5.10 Å². The van der Waals surface area contributed by atoms with E-state index in [1.165, 1.54) is 16.8 Å². The lowest BCUT2D eigenvalue weighted by molar-refractivity contribution is -0.123. The summed E-state index contributed by atoms with van der Waals surface area (Å²) in [6.07, 6.45) is 6.61. The van der Waals surface area contributed by atoms with Gasteiger partial charge in [-0.3, -0.25) is 19.4 Å². The van der Waals surface area contributed by atoms with Gasteiger partial charge in [0.25, 0.3) is 5.91 Å². The molecule has 0 saturated heterocycles. The number of carbonyl (C=O) groups is 4. The second-order valence-electron chi connectivity index (χ2n) is 15.0. The number of pyridine rings is 3. The Morgan fingerprint density at radius 2 is 1.66 bits per heavy atom. The van der Waals surface area contributed by atoms with Crippen molar-refractivity contribution < 1.29 is 28.7 Å². The van der Waals surface area contributed by atoms with Crippen LogP contribution in [0.5, 0.6) is 0 Å². The molecule has 1 fully saturated rings. The standard InChI is InChI=1S/C46H43N9O7/c1-29(49-43(58)33-16-21-47-22-17-33)42(57)48-23-25-61-28-39(56)50-35-14-8-30(9-15-35)27-62-45(60)52-46(19-5-20-46)34-12-10-32(11-13-34)40-36(31-6-3-2-4-7-31)26-37-38(51-40)18-24-55-41(37)53-54-44(55)59/h2-4,6-18,21-22,24,26,29H,5,19-20,23,25,27-28H2,1H3,(H,48,57)(H,49,58)(H,50,56)(H,52,60)(H,54,59)/t29-/m1/s1. The predicted octanol–water partition coefficient (Wildman–Crippen LogP) is 5.50. The summed E-state index contributed by atoms with van der Waals surface area (Å²) in [5.41, 5.74) is 6.51. The Bertz CT molecular complexity index is 2790. The molecule has 16 nitrogen and oxygen atoms in total. The molecule has 7 aromatic rings. The first-order chi connectivity index (χ1) is 30.2. The quantitative estimate of drug-likeness (QED) is 0.0820. The van der Waals surface area contributed by atoms with E-state index in [1.54, 1.807) is 49.5 Å². The van der Waals surface area contributed by atoms with Crippen molar-refractivity contribution in [2.45, 2.75) is 44.4 Å². The molecule has 0 bridgehead atoms. The van der Waals surface area contributed by atoms with Crippen molar-refractivity contribution in [3.8, 4) is 22.4 Å². The van der Waals surface area contributed by atoms with Gasteiger partial charge in [-0.1, -0.05) is 66.7 Å². The van der Waals surface area contributed by atoms with Crippen LogP contribution >= 0.6 is 0 Å². The normalized spacial score (nSPS) is 13.4. The fourth-order valence-electron chi connectivity index (χ4n) is 7.31. The number of aromatic nitrogens is 5. The average molecular weight is 834 g/mol. The Balaban J connectivity index is 0.811. The van der Waals surface area contributed by atoms with Crippen molar-refractivity contribution in [2.24, 2.45) is 0 Å². The van der Waals surface area contributed by atoms with E-state index >= 15 is 0 Å². The number of rotatable bonds is 15. The van der Waals surface area contributed by atoms with Gasteiger partial charge >= 0.3 is 11.8 Å². The third kappa shape index (κ3) is 9.19. The summed E-state index contributed by atoms with van der Waals surface area (Å²) in [4.78, 5) is 71.4. The van der Waals surface area contributed by atoms with Crippen LogP contribution < -0.4 is 27.0 Å². The molecule has 62 heavy (non-hydrogen) atoms. The Hall–Kier alpha value is -7.72. The number of alkyl carbamates (subject to hydrolysis) is 1. The number of hydrogen-bond donors (Lipinski definition) is 5. The molecule has 4 heterocycles. The molecular formula is C46H43N9O7. The Labute approximate surface area is 355 Å². The molecule has 4 aromatic heterocycles. The lowest BCUT2D eigenvalue weighted by Crippen LogP contribution is -2.50. The maximum absolute atomic E-state index is 13.1. The molecule has 0 spiro atoms. The van der Waals surface area contributed by atoms with Gasteiger partial charge in [-0.25, -0.2) is 24.1 Å². The van der Waals surface area contributed by atoms with Crippen LogP contribution in [0.15, 0.2) is 127 Å². The molecule has 1 aliphatic rings. The van der Waals surface area contributed by atoms with Crippen LogP contribution in [0.3, 0.4) is 0 Å². The number of benzene rings is 3. The predicted molar refractivity (Wildman–Crippen MR) is 231 cm³/mol. The van der Waals surface area contributed by atoms with Crippen molar-refractivity contribution in [2.75, 3.05) is 25.1 Å². The summed E-state index contributed by atoms with van der Waals surface area (Å²) >= 11 is 0. The lowest BCUT2D eigenvalue weighted by atomic mass is 9.71. The molecular weight excluding hydrogens is 791 g/mol. The van der Waals surface area contributed by atoms with E-state index in [9.17, 15) is 24.0 Å². The van der Waals surface area contributed by atoms with Gasteiger partial charge < -0.3 is 30.7 Å². The minimum absolute atomic E-state index is 0.0328. The molecule has 1 atom stereocenters. The molecule has 5 N–H and O–H groups in total. The van der Waals surface area contributed by atoms with E-state index in [-0.39, 0.29) is 49.8 Å². The second kappa shape index (κ2) is 18.3. The monoisotopic (exact) mass is 833 g/mol. The number of ether oxygens (including phenoxy) is 2. The molecule has 0 aliphatic heterocycles. The summed E-state index contributed by atoms with van der Waals surface area (Å²) in [7, 11) is 0. The molecule has 314 valence electrons. The van der Waals surface area contributed by atoms with Crippen LogP contribution in [-0.4, -0.2) is 74.2 Å². The average Bonchev–Trinajstić information content (AvgIpc) is 3.67. The van der Waals surface area contributed by atoms with Gasteiger partial charge in [0, 0.05) is 52.9 Å². The van der Waals surface area contributed by atoms with Gasteiger partial charge in [0.15, 0.2) is 5.65 Å². The van der Waals surface area contributed by atoms with E-state index in [0.29, 0.717) is 22.4 Å². The summed E-state index contributed by atoms with van der Waals surface area (Å²) in [6, 6.07) is 31.1. The number of amides is 4. The summed E-state index contributed by atoms with van der Waals surface area (Å²) in [5.74, 6) is -1.15. The molecule has 8 rings (SSSR count). The van der Waals surface area contributed by atoms with Crippen LogP contribution in [0, 0.1) is 0 Å². The number of hydrogen-bond acceptors (Lipinski definition) is 10. The van der Waals surface area contributed by atoms with Crippen molar-refractivity contribution in [1.82, 2.24) is 40.5 Å². The van der Waals surface area contributed by atoms with E-state index in [1.807, 2.05) is 66.7 Å². The fraction of sp³-hybridized carbons (Fsp3) is 0.217. The van der Waals surface area contributed by atoms with Gasteiger partial charge in [0.2, 0.25) is 11.8 Å². The third-order valence-corrected chi connectivity index (χ3v) is 10.8. The van der Waals surface area contributed by atoms with E-state index < -0.39 is 17.7 Å². The number of anilines is 1. The highest BCUT2D eigenvalue weighted by molar-refractivity contribution is 5.99. The SMILES string of the molecule is C[C@@H](NC(=O)c1ccncc1)C(=O)NCCOCC(=O)Nc1ccc(COC(=O)NC2(c3ccc(-c4nc5ccn6c(=O)[nH]nc6c5cc4-c4ccccc4)cc3)CCC2)cc1. The second-order valence-corrected chi connectivity index (χ2v) is 15.0. The number of nitrogens with zero attached hydrogens (tertiary/aromatic N) is 4. The number of nitrogens with one attached hydrogen (secondary N) is 5. The summed E-state index contributed by atoms with van der Waals surface area (Å²) in [6.45, 7) is 1.62. The maximum atomic E-state index is 13.1. The van der Waals surface area contributed by atoms with Gasteiger partial charge in [-0.15, -0.1) is 0 Å². The highest BCUT2D eigenvalue weighted by Crippen LogP contribution is 2.42. The van der Waals surface area contributed by atoms with E-state index in [2.05, 4.69) is 36.4 Å². The van der Waals surface area contributed by atoms with Crippen LogP contribution in [0.4, 0.5) is 10.5 Å². The molecule has 3 aromatic carbocycles. The molecule has 1 aliphatic carbocycles. The summed E-state index contributed by atoms with van der Waals surface area (Å²) in [5, 5.41) is 18.7. The molecule has 0 radical (unpaired) electrons. The largest absolute Gasteiger partial charge is 0.445 e. The Morgan fingerprint density at radius 1 is 0.903 bits per heavy atom. The minimum Gasteiger partial charge on any atom is -0.445 e. The van der Waals surface area contributed by atoms with Gasteiger partial charge in [0.05, 0.1) is 23.4 Å². The molecule has 16 heteroatoms. The first kappa shape index (κ1) is 41.0. The molecule has 1 saturated carbocycles. The van der Waals surface area contributed by atoms with Crippen LogP contribution in [0.25, 0.3) is 38.9 Å². The van der Waals surface area contributed by atoms with Crippen LogP contribution in [0.1, 0.15) is 47.7 Å². The number of carbonyl (C=O) groups excluding carboxylic acids is 4. The van der Waals surface area contributed by atoms with Crippen molar-refractivity contribution in [3.63, 3.8) is 0 Å². The topological polar surface area (TPSA) is 211 Å². The fourth-order valence-corrected chi connectivity index (χ4v) is 7.31. The Morgan fingerprint density at radius 3 is 2.39 bits per heavy atom. The highest BCUT2D eigenvalue weighted by atomic mass is 16.5. The molecule has 0 unspecified atom stereocenters. The first-order valence-electron chi connectivity index (χ1n) is 20.1. The smallest absolute Gasteiger partial charge is 0.408 e. The Kier molecular flexibility index (Phi) is 12.1. The summed E-state index contributed by atoms with van der Waals surface area (Å²) < 4.78 is 12.5. The zero-order valence-corrected chi connectivity index (χ0v) is 33.7. The number of H-pyrrole nitrogens is 1. The maximum Gasteiger partial charge on any atom is 0.408 e. The van der Waals surface area contributed by atoms with Crippen LogP contribution in [0.2, 0.25) is 0 Å². The van der Waals surface area contributed by atoms with Gasteiger partial charge in [0.1, 0.15) is 19.3 Å². The van der Waals surface area contributed by atoms with Gasteiger partial charge in [-0.05, 0) is 79.3 Å². The zero-order valence-electron chi connectivity index (χ0n) is 33.7. The zero-order chi connectivity index (χ0) is 43.1. The van der Waals surface area contributed by atoms with Crippen LogP contribution in [-0.2, 0) is 31.2 Å². The highest BCUT2D eigenvalue weighted by Gasteiger charge is 2.40. The van der Waals surface area contributed by atoms with E-state index in [0.717, 1.165) is 58.2 Å². The number of aromatic amines is 1. The van der Waals surface area contributed by atoms with E-state index in [4.69, 9.17) is 14.5 Å². The minimum atomic E-state index is -0.769. The lowest BCUT2D eigenvalue weighted by Gasteiger charge is -2.42. The first-order valence-corrected chi connectivity index (χ1v) is 20.1. The van der Waals surface area contributed by atoms with Crippen molar-refractivity contribution >= 4 is 46.1 Å². The van der Waals surface area contributed by atoms with Crippen molar-refractivity contribution in [1.29, 1.82) is 0 Å². The third-order valence-electron chi connectivity index (χ3n) is 10.8. The number of fused-ring (bicyclic) bond motifs is 3. The van der Waals surface area contributed by atoms with Crippen molar-refractivity contribution in [3.05, 3.63) is 149 Å². The molecule has 4 amide bonds.